The van der Waals surface area contributed by atoms with Crippen LogP contribution in [0.4, 0.5) is 0 Å². The molecule has 0 radical (unpaired) electrons. The van der Waals surface area contributed by atoms with Crippen molar-refractivity contribution >= 4 is 17.7 Å². The summed E-state index contributed by atoms with van der Waals surface area (Å²) in [6, 6.07) is 4.03. The second-order valence-corrected chi connectivity index (χ2v) is 4.54. The highest BCUT2D eigenvalue weighted by atomic mass is 35.5. The lowest BCUT2D eigenvalue weighted by Crippen LogP contribution is -2.03. The van der Waals surface area contributed by atoms with E-state index in [1.807, 2.05) is 26.0 Å². The van der Waals surface area contributed by atoms with E-state index < -0.39 is 0 Å². The minimum Gasteiger partial charge on any atom is -0.211 e. The Labute approximate surface area is 94.0 Å². The smallest absolute Gasteiger partial charge is 0.211 e. The van der Waals surface area contributed by atoms with Crippen LogP contribution in [0.25, 0.3) is 0 Å². The molecule has 0 aromatic heterocycles. The number of rotatable bonds is 2. The SMILES string of the molecule is Cc1cc(C2(N=C=O)CC2)cc(C)c1Cl. The molecule has 1 aromatic carbocycles. The van der Waals surface area contributed by atoms with E-state index in [-0.39, 0.29) is 5.54 Å². The maximum atomic E-state index is 10.4. The summed E-state index contributed by atoms with van der Waals surface area (Å²) in [6.45, 7) is 3.94. The van der Waals surface area contributed by atoms with Gasteiger partial charge < -0.3 is 0 Å². The summed E-state index contributed by atoms with van der Waals surface area (Å²) >= 11 is 6.09. The number of aryl methyl sites for hydroxylation is 2. The first-order valence-corrected chi connectivity index (χ1v) is 5.33. The molecule has 3 heteroatoms. The molecule has 0 N–H and O–H groups in total. The van der Waals surface area contributed by atoms with Crippen molar-refractivity contribution in [1.29, 1.82) is 0 Å². The van der Waals surface area contributed by atoms with Crippen LogP contribution in [-0.4, -0.2) is 6.08 Å². The molecule has 0 heterocycles. The molecule has 0 spiro atoms. The first kappa shape index (κ1) is 10.4. The zero-order valence-electron chi connectivity index (χ0n) is 8.80. The van der Waals surface area contributed by atoms with Crippen LogP contribution >= 0.6 is 11.6 Å². The third-order valence-electron chi connectivity index (χ3n) is 2.96. The number of hydrogen-bond donors (Lipinski definition) is 0. The quantitative estimate of drug-likeness (QED) is 0.557. The van der Waals surface area contributed by atoms with Gasteiger partial charge in [0.2, 0.25) is 6.08 Å². The van der Waals surface area contributed by atoms with Gasteiger partial charge in [0.15, 0.2) is 0 Å². The number of nitrogens with zero attached hydrogens (tertiary/aromatic N) is 1. The summed E-state index contributed by atoms with van der Waals surface area (Å²) in [5.41, 5.74) is 2.88. The molecule has 0 saturated heterocycles. The molecular weight excluding hydrogens is 210 g/mol. The fourth-order valence-corrected chi connectivity index (χ4v) is 1.99. The van der Waals surface area contributed by atoms with Crippen molar-refractivity contribution in [3.63, 3.8) is 0 Å². The second-order valence-electron chi connectivity index (χ2n) is 4.16. The first-order chi connectivity index (χ1) is 7.09. The molecule has 1 fully saturated rings. The van der Waals surface area contributed by atoms with Gasteiger partial charge >= 0.3 is 0 Å². The van der Waals surface area contributed by atoms with Gasteiger partial charge in [0.1, 0.15) is 0 Å². The Morgan fingerprint density at radius 3 is 2.27 bits per heavy atom. The Kier molecular flexibility index (Phi) is 2.41. The molecule has 2 rings (SSSR count). The lowest BCUT2D eigenvalue weighted by molar-refractivity contribution is 0.556. The lowest BCUT2D eigenvalue weighted by Gasteiger charge is -2.12. The molecule has 78 valence electrons. The van der Waals surface area contributed by atoms with E-state index in [1.54, 1.807) is 6.08 Å². The number of hydrogen-bond acceptors (Lipinski definition) is 2. The lowest BCUT2D eigenvalue weighted by atomic mass is 10.00. The highest BCUT2D eigenvalue weighted by Gasteiger charge is 2.45. The predicted molar refractivity (Wildman–Crippen MR) is 60.0 cm³/mol. The summed E-state index contributed by atoms with van der Waals surface area (Å²) < 4.78 is 0. The fourth-order valence-electron chi connectivity index (χ4n) is 1.89. The average Bonchev–Trinajstić information content (AvgIpc) is 2.95. The Morgan fingerprint density at radius 2 is 1.87 bits per heavy atom. The van der Waals surface area contributed by atoms with Crippen LogP contribution in [-0.2, 0) is 10.3 Å². The summed E-state index contributed by atoms with van der Waals surface area (Å²) in [6.07, 6.45) is 3.53. The van der Waals surface area contributed by atoms with Crippen LogP contribution in [0.2, 0.25) is 5.02 Å². The van der Waals surface area contributed by atoms with Gasteiger partial charge in [-0.05, 0) is 43.4 Å². The average molecular weight is 222 g/mol. The van der Waals surface area contributed by atoms with Crippen LogP contribution in [0.1, 0.15) is 29.5 Å². The fraction of sp³-hybridized carbons (Fsp3) is 0.417. The molecule has 15 heavy (non-hydrogen) atoms. The van der Waals surface area contributed by atoms with E-state index in [0.717, 1.165) is 34.6 Å². The monoisotopic (exact) mass is 221 g/mol. The van der Waals surface area contributed by atoms with Gasteiger partial charge in [-0.15, -0.1) is 0 Å². The van der Waals surface area contributed by atoms with Crippen molar-refractivity contribution in [3.8, 4) is 0 Å². The maximum absolute atomic E-state index is 10.4. The highest BCUT2D eigenvalue weighted by molar-refractivity contribution is 6.32. The van der Waals surface area contributed by atoms with Crippen LogP contribution in [0.15, 0.2) is 17.1 Å². The predicted octanol–water partition coefficient (Wildman–Crippen LogP) is 3.28. The molecule has 0 bridgehead atoms. The molecule has 0 unspecified atom stereocenters. The third kappa shape index (κ3) is 1.71. The molecule has 1 aliphatic rings. The van der Waals surface area contributed by atoms with Gasteiger partial charge in [-0.2, -0.15) is 4.99 Å². The van der Waals surface area contributed by atoms with E-state index in [2.05, 4.69) is 4.99 Å². The van der Waals surface area contributed by atoms with Gasteiger partial charge in [0.05, 0.1) is 5.54 Å². The van der Waals surface area contributed by atoms with E-state index >= 15 is 0 Å². The molecule has 0 atom stereocenters. The molecule has 0 aliphatic heterocycles. The normalized spacial score (nSPS) is 17.0. The van der Waals surface area contributed by atoms with Crippen LogP contribution in [0.5, 0.6) is 0 Å². The Balaban J connectivity index is 2.51. The third-order valence-corrected chi connectivity index (χ3v) is 3.55. The van der Waals surface area contributed by atoms with Gasteiger partial charge in [-0.3, -0.25) is 0 Å². The number of aliphatic imine (C=N–C) groups is 1. The van der Waals surface area contributed by atoms with Crippen molar-refractivity contribution in [2.75, 3.05) is 0 Å². The van der Waals surface area contributed by atoms with Gasteiger partial charge in [0.25, 0.3) is 0 Å². The standard InChI is InChI=1S/C12H12ClNO/c1-8-5-10(6-9(2)11(8)13)12(3-4-12)14-7-15/h5-6H,3-4H2,1-2H3. The van der Waals surface area contributed by atoms with Crippen LogP contribution in [0.3, 0.4) is 0 Å². The largest absolute Gasteiger partial charge is 0.235 e. The summed E-state index contributed by atoms with van der Waals surface area (Å²) in [7, 11) is 0. The molecule has 0 amide bonds. The van der Waals surface area contributed by atoms with Crippen LogP contribution < -0.4 is 0 Å². The van der Waals surface area contributed by atoms with Crippen molar-refractivity contribution in [2.24, 2.45) is 4.99 Å². The minimum atomic E-state index is -0.290. The zero-order chi connectivity index (χ0) is 11.1. The maximum Gasteiger partial charge on any atom is 0.235 e. The van der Waals surface area contributed by atoms with E-state index in [1.165, 1.54) is 0 Å². The van der Waals surface area contributed by atoms with E-state index in [0.29, 0.717) is 0 Å². The molecule has 1 aromatic rings. The van der Waals surface area contributed by atoms with Gasteiger partial charge in [-0.25, -0.2) is 4.79 Å². The number of halogens is 1. The van der Waals surface area contributed by atoms with Crippen molar-refractivity contribution in [3.05, 3.63) is 33.8 Å². The van der Waals surface area contributed by atoms with Crippen molar-refractivity contribution in [1.82, 2.24) is 0 Å². The minimum absolute atomic E-state index is 0.290. The van der Waals surface area contributed by atoms with Crippen molar-refractivity contribution in [2.45, 2.75) is 32.2 Å². The topological polar surface area (TPSA) is 29.4 Å². The molecule has 1 saturated carbocycles. The Bertz CT molecular complexity index is 434. The van der Waals surface area contributed by atoms with Gasteiger partial charge in [0, 0.05) is 5.02 Å². The van der Waals surface area contributed by atoms with E-state index in [9.17, 15) is 4.79 Å². The summed E-state index contributed by atoms with van der Waals surface area (Å²) in [5, 5.41) is 0.796. The Morgan fingerprint density at radius 1 is 1.33 bits per heavy atom. The highest BCUT2D eigenvalue weighted by Crippen LogP contribution is 2.50. The molecular formula is C12H12ClNO. The number of benzene rings is 1. The first-order valence-electron chi connectivity index (χ1n) is 4.95. The summed E-state index contributed by atoms with van der Waals surface area (Å²) in [5.74, 6) is 0. The zero-order valence-corrected chi connectivity index (χ0v) is 9.56. The van der Waals surface area contributed by atoms with Crippen LogP contribution in [0, 0.1) is 13.8 Å². The number of isocyanates is 1. The van der Waals surface area contributed by atoms with Crippen molar-refractivity contribution < 1.29 is 4.79 Å². The molecule has 1 aliphatic carbocycles. The summed E-state index contributed by atoms with van der Waals surface area (Å²) in [4.78, 5) is 14.3. The van der Waals surface area contributed by atoms with E-state index in [4.69, 9.17) is 11.6 Å². The number of carbonyl (C=O) groups excluding carboxylic acids is 1. The molecule has 2 nitrogen and oxygen atoms in total. The second kappa shape index (κ2) is 3.48. The Hall–Kier alpha value is -1.11. The van der Waals surface area contributed by atoms with Gasteiger partial charge in [-0.1, -0.05) is 23.7 Å².